The lowest BCUT2D eigenvalue weighted by Gasteiger charge is -2.21. The molecule has 4 aromatic rings. The number of hydrogen-bond donors (Lipinski definition) is 1. The highest BCUT2D eigenvalue weighted by Crippen LogP contribution is 2.33. The standard InChI is InChI=1S/C22H16F4N4O2/c1-12(11-13-5-2-3-6-14(13)23)30-20(18-16(31)7-4-9-27-18)29-15-8-10-28-19(22(24,25)26)17(15)21(30)32/h2-10,12,31H,11H2,1H3. The maximum atomic E-state index is 14.2. The lowest BCUT2D eigenvalue weighted by Crippen LogP contribution is -2.30. The third kappa shape index (κ3) is 3.79. The molecule has 0 aliphatic heterocycles. The van der Waals surface area contributed by atoms with Crippen LogP contribution in [0.3, 0.4) is 0 Å². The van der Waals surface area contributed by atoms with Gasteiger partial charge in [0, 0.05) is 18.4 Å². The van der Waals surface area contributed by atoms with E-state index >= 15 is 0 Å². The average molecular weight is 444 g/mol. The van der Waals surface area contributed by atoms with Crippen LogP contribution in [0.4, 0.5) is 17.6 Å². The van der Waals surface area contributed by atoms with Crippen LogP contribution in [-0.2, 0) is 12.6 Å². The van der Waals surface area contributed by atoms with Crippen molar-refractivity contribution in [3.8, 4) is 17.3 Å². The molecule has 0 aliphatic carbocycles. The van der Waals surface area contributed by atoms with Crippen molar-refractivity contribution in [2.24, 2.45) is 0 Å². The Balaban J connectivity index is 2.03. The number of hydrogen-bond acceptors (Lipinski definition) is 5. The van der Waals surface area contributed by atoms with E-state index in [9.17, 15) is 27.5 Å². The molecule has 3 aromatic heterocycles. The van der Waals surface area contributed by atoms with E-state index in [1.54, 1.807) is 13.0 Å². The summed E-state index contributed by atoms with van der Waals surface area (Å²) in [6.07, 6.45) is -2.64. The summed E-state index contributed by atoms with van der Waals surface area (Å²) < 4.78 is 55.9. The van der Waals surface area contributed by atoms with Crippen molar-refractivity contribution < 1.29 is 22.7 Å². The maximum absolute atomic E-state index is 14.2. The van der Waals surface area contributed by atoms with E-state index in [1.807, 2.05) is 0 Å². The van der Waals surface area contributed by atoms with Crippen molar-refractivity contribution in [2.45, 2.75) is 25.6 Å². The lowest BCUT2D eigenvalue weighted by molar-refractivity contribution is -0.139. The number of aromatic nitrogens is 4. The van der Waals surface area contributed by atoms with Gasteiger partial charge in [-0.05, 0) is 43.2 Å². The Hall–Kier alpha value is -3.82. The zero-order valence-electron chi connectivity index (χ0n) is 16.6. The van der Waals surface area contributed by atoms with Crippen molar-refractivity contribution in [1.29, 1.82) is 0 Å². The van der Waals surface area contributed by atoms with E-state index in [4.69, 9.17) is 0 Å². The second-order valence-corrected chi connectivity index (χ2v) is 7.18. The highest BCUT2D eigenvalue weighted by atomic mass is 19.4. The predicted molar refractivity (Wildman–Crippen MR) is 109 cm³/mol. The van der Waals surface area contributed by atoms with Gasteiger partial charge in [-0.2, -0.15) is 13.2 Å². The SMILES string of the molecule is CC(Cc1ccccc1F)n1c(-c2ncccc2O)nc2ccnc(C(F)(F)F)c2c1=O. The van der Waals surface area contributed by atoms with Crippen LogP contribution in [0.25, 0.3) is 22.4 Å². The van der Waals surface area contributed by atoms with Gasteiger partial charge in [-0.15, -0.1) is 0 Å². The van der Waals surface area contributed by atoms with Crippen LogP contribution in [-0.4, -0.2) is 24.6 Å². The molecule has 0 bridgehead atoms. The first-order chi connectivity index (χ1) is 15.2. The summed E-state index contributed by atoms with van der Waals surface area (Å²) in [7, 11) is 0. The molecule has 164 valence electrons. The Kier molecular flexibility index (Phi) is 5.37. The molecule has 0 amide bonds. The van der Waals surface area contributed by atoms with E-state index in [0.29, 0.717) is 0 Å². The Bertz CT molecular complexity index is 1370. The molecule has 10 heteroatoms. The molecule has 1 aromatic carbocycles. The summed E-state index contributed by atoms with van der Waals surface area (Å²) in [5.41, 5.74) is -2.44. The minimum Gasteiger partial charge on any atom is -0.506 e. The number of fused-ring (bicyclic) bond motifs is 1. The average Bonchev–Trinajstić information content (AvgIpc) is 2.74. The van der Waals surface area contributed by atoms with Gasteiger partial charge < -0.3 is 5.11 Å². The summed E-state index contributed by atoms with van der Waals surface area (Å²) in [5, 5.41) is 9.57. The largest absolute Gasteiger partial charge is 0.506 e. The smallest absolute Gasteiger partial charge is 0.434 e. The Morgan fingerprint density at radius 1 is 1.06 bits per heavy atom. The highest BCUT2D eigenvalue weighted by Gasteiger charge is 2.37. The molecule has 1 unspecified atom stereocenters. The molecular formula is C22H16F4N4O2. The number of aromatic hydroxyl groups is 1. The molecule has 32 heavy (non-hydrogen) atoms. The third-order valence-electron chi connectivity index (χ3n) is 5.00. The van der Waals surface area contributed by atoms with Crippen molar-refractivity contribution >= 4 is 10.9 Å². The van der Waals surface area contributed by atoms with Crippen LogP contribution in [0.1, 0.15) is 24.2 Å². The summed E-state index contributed by atoms with van der Waals surface area (Å²) in [6.45, 7) is 1.55. The third-order valence-corrected chi connectivity index (χ3v) is 5.00. The molecule has 6 nitrogen and oxygen atoms in total. The maximum Gasteiger partial charge on any atom is 0.434 e. The van der Waals surface area contributed by atoms with Crippen LogP contribution < -0.4 is 5.56 Å². The van der Waals surface area contributed by atoms with Gasteiger partial charge in [0.1, 0.15) is 17.3 Å². The number of nitrogens with zero attached hydrogens (tertiary/aromatic N) is 4. The van der Waals surface area contributed by atoms with Crippen LogP contribution >= 0.6 is 0 Å². The predicted octanol–water partition coefficient (Wildman–Crippen LogP) is 4.52. The first-order valence-electron chi connectivity index (χ1n) is 9.54. The van der Waals surface area contributed by atoms with Crippen LogP contribution in [0.15, 0.2) is 59.7 Å². The van der Waals surface area contributed by atoms with Gasteiger partial charge in [-0.3, -0.25) is 14.3 Å². The number of rotatable bonds is 4. The zero-order valence-corrected chi connectivity index (χ0v) is 16.6. The van der Waals surface area contributed by atoms with Gasteiger partial charge in [0.25, 0.3) is 5.56 Å². The minimum absolute atomic E-state index is 0.0119. The van der Waals surface area contributed by atoms with Gasteiger partial charge in [-0.25, -0.2) is 14.4 Å². The summed E-state index contributed by atoms with van der Waals surface area (Å²) in [6, 6.07) is 9.02. The van der Waals surface area contributed by atoms with Gasteiger partial charge in [0.15, 0.2) is 11.5 Å². The fraction of sp³-hybridized carbons (Fsp3) is 0.182. The van der Waals surface area contributed by atoms with Gasteiger partial charge in [-0.1, -0.05) is 18.2 Å². The lowest BCUT2D eigenvalue weighted by atomic mass is 10.1. The second-order valence-electron chi connectivity index (χ2n) is 7.18. The van der Waals surface area contributed by atoms with Crippen molar-refractivity contribution in [1.82, 2.24) is 19.5 Å². The normalized spacial score (nSPS) is 12.8. The second kappa shape index (κ2) is 8.03. The Labute approximate surface area is 178 Å². The first kappa shape index (κ1) is 21.4. The molecule has 3 heterocycles. The molecule has 0 saturated carbocycles. The quantitative estimate of drug-likeness (QED) is 0.468. The number of halogens is 4. The molecule has 0 radical (unpaired) electrons. The van der Waals surface area contributed by atoms with E-state index in [-0.39, 0.29) is 34.8 Å². The first-order valence-corrected chi connectivity index (χ1v) is 9.54. The zero-order chi connectivity index (χ0) is 23.0. The molecule has 0 saturated heterocycles. The summed E-state index contributed by atoms with van der Waals surface area (Å²) >= 11 is 0. The Morgan fingerprint density at radius 3 is 2.50 bits per heavy atom. The van der Waals surface area contributed by atoms with E-state index < -0.39 is 34.7 Å². The molecular weight excluding hydrogens is 428 g/mol. The van der Waals surface area contributed by atoms with Crippen molar-refractivity contribution in [3.05, 3.63) is 82.3 Å². The molecule has 0 spiro atoms. The van der Waals surface area contributed by atoms with Crippen LogP contribution in [0.5, 0.6) is 5.75 Å². The number of benzene rings is 1. The summed E-state index contributed by atoms with van der Waals surface area (Å²) in [5.74, 6) is -0.958. The van der Waals surface area contributed by atoms with Crippen molar-refractivity contribution in [3.63, 3.8) is 0 Å². The van der Waals surface area contributed by atoms with Gasteiger partial charge in [0.2, 0.25) is 0 Å². The van der Waals surface area contributed by atoms with Gasteiger partial charge in [0.05, 0.1) is 10.9 Å². The highest BCUT2D eigenvalue weighted by molar-refractivity contribution is 5.82. The van der Waals surface area contributed by atoms with E-state index in [0.717, 1.165) is 10.8 Å². The fourth-order valence-electron chi connectivity index (χ4n) is 3.57. The summed E-state index contributed by atoms with van der Waals surface area (Å²) in [4.78, 5) is 25.0. The van der Waals surface area contributed by atoms with Gasteiger partial charge >= 0.3 is 6.18 Å². The number of alkyl halides is 3. The number of pyridine rings is 2. The van der Waals surface area contributed by atoms with E-state index in [2.05, 4.69) is 15.0 Å². The van der Waals surface area contributed by atoms with Crippen LogP contribution in [0.2, 0.25) is 0 Å². The molecule has 1 atom stereocenters. The van der Waals surface area contributed by atoms with Crippen LogP contribution in [0, 0.1) is 5.82 Å². The molecule has 0 aliphatic rings. The van der Waals surface area contributed by atoms with E-state index in [1.165, 1.54) is 42.6 Å². The fourth-order valence-corrected chi connectivity index (χ4v) is 3.57. The van der Waals surface area contributed by atoms with Crippen molar-refractivity contribution in [2.75, 3.05) is 0 Å². The molecule has 4 rings (SSSR count). The monoisotopic (exact) mass is 444 g/mol. The molecule has 1 N–H and O–H groups in total. The topological polar surface area (TPSA) is 80.9 Å². The minimum atomic E-state index is -4.89. The Morgan fingerprint density at radius 2 is 1.81 bits per heavy atom. The molecule has 0 fully saturated rings.